The van der Waals surface area contributed by atoms with Gasteiger partial charge in [-0.05, 0) is 12.1 Å². The zero-order valence-corrected chi connectivity index (χ0v) is 11.4. The van der Waals surface area contributed by atoms with Crippen molar-refractivity contribution in [3.63, 3.8) is 0 Å². The predicted octanol–water partition coefficient (Wildman–Crippen LogP) is 1.96. The lowest BCUT2D eigenvalue weighted by atomic mass is 10.2. The summed E-state index contributed by atoms with van der Waals surface area (Å²) in [5, 5.41) is 4.09. The van der Waals surface area contributed by atoms with Crippen LogP contribution in [0.4, 0.5) is 5.69 Å². The predicted molar refractivity (Wildman–Crippen MR) is 76.9 cm³/mol. The van der Waals surface area contributed by atoms with Gasteiger partial charge in [-0.3, -0.25) is 4.90 Å². The van der Waals surface area contributed by atoms with Crippen molar-refractivity contribution in [3.05, 3.63) is 23.5 Å². The van der Waals surface area contributed by atoms with E-state index in [1.54, 1.807) is 6.33 Å². The van der Waals surface area contributed by atoms with E-state index in [-0.39, 0.29) is 0 Å². The highest BCUT2D eigenvalue weighted by molar-refractivity contribution is 6.34. The summed E-state index contributed by atoms with van der Waals surface area (Å²) in [4.78, 5) is 9.67. The topological polar surface area (TPSA) is 53.2 Å². The fraction of sp³-hybridized carbons (Fsp3) is 0.462. The SMILES string of the molecule is Clc1cc2[nH]cnc2cc1NCCN1CCOCC1. The number of benzene rings is 1. The number of H-pyrrole nitrogens is 1. The lowest BCUT2D eigenvalue weighted by Crippen LogP contribution is -2.39. The van der Waals surface area contributed by atoms with Crippen LogP contribution in [0.15, 0.2) is 18.5 Å². The van der Waals surface area contributed by atoms with Crippen LogP contribution in [0.3, 0.4) is 0 Å². The van der Waals surface area contributed by atoms with E-state index in [1.165, 1.54) is 0 Å². The minimum absolute atomic E-state index is 0.721. The van der Waals surface area contributed by atoms with Gasteiger partial charge in [-0.25, -0.2) is 4.98 Å². The van der Waals surface area contributed by atoms with Gasteiger partial charge in [0.15, 0.2) is 0 Å². The van der Waals surface area contributed by atoms with Crippen LogP contribution >= 0.6 is 11.6 Å². The van der Waals surface area contributed by atoms with Gasteiger partial charge < -0.3 is 15.0 Å². The Balaban J connectivity index is 1.59. The minimum Gasteiger partial charge on any atom is -0.382 e. The smallest absolute Gasteiger partial charge is 0.0931 e. The summed E-state index contributed by atoms with van der Waals surface area (Å²) < 4.78 is 5.33. The monoisotopic (exact) mass is 280 g/mol. The first kappa shape index (κ1) is 12.7. The van der Waals surface area contributed by atoms with Crippen LogP contribution in [0, 0.1) is 0 Å². The summed E-state index contributed by atoms with van der Waals surface area (Å²) in [6.07, 6.45) is 1.68. The molecule has 0 saturated carbocycles. The first-order chi connectivity index (χ1) is 9.33. The summed E-state index contributed by atoms with van der Waals surface area (Å²) in [7, 11) is 0. The van der Waals surface area contributed by atoms with E-state index in [9.17, 15) is 0 Å². The van der Waals surface area contributed by atoms with Crippen LogP contribution in [-0.2, 0) is 4.74 Å². The summed E-state index contributed by atoms with van der Waals surface area (Å²) >= 11 is 6.24. The van der Waals surface area contributed by atoms with Gasteiger partial charge >= 0.3 is 0 Å². The van der Waals surface area contributed by atoms with E-state index in [1.807, 2.05) is 12.1 Å². The van der Waals surface area contributed by atoms with Crippen molar-refractivity contribution in [3.8, 4) is 0 Å². The third-order valence-electron chi connectivity index (χ3n) is 3.36. The van der Waals surface area contributed by atoms with Crippen LogP contribution in [0.25, 0.3) is 11.0 Å². The third kappa shape index (κ3) is 3.00. The van der Waals surface area contributed by atoms with E-state index >= 15 is 0 Å². The maximum atomic E-state index is 6.24. The van der Waals surface area contributed by atoms with Crippen molar-refractivity contribution >= 4 is 28.3 Å². The Morgan fingerprint density at radius 3 is 3.05 bits per heavy atom. The van der Waals surface area contributed by atoms with E-state index in [2.05, 4.69) is 20.2 Å². The zero-order valence-electron chi connectivity index (χ0n) is 10.7. The summed E-state index contributed by atoms with van der Waals surface area (Å²) in [5.74, 6) is 0. The Morgan fingerprint density at radius 2 is 2.21 bits per heavy atom. The van der Waals surface area contributed by atoms with Gasteiger partial charge in [0, 0.05) is 26.2 Å². The molecule has 102 valence electrons. The number of hydrogen-bond acceptors (Lipinski definition) is 4. The first-order valence-electron chi connectivity index (χ1n) is 6.49. The summed E-state index contributed by atoms with van der Waals surface area (Å²) in [5.41, 5.74) is 2.83. The number of nitrogens with one attached hydrogen (secondary N) is 2. The molecule has 1 aliphatic rings. The number of imidazole rings is 1. The number of morpholine rings is 1. The average Bonchev–Trinajstić information content (AvgIpc) is 2.87. The van der Waals surface area contributed by atoms with E-state index in [0.717, 1.165) is 61.1 Å². The average molecular weight is 281 g/mol. The third-order valence-corrected chi connectivity index (χ3v) is 3.67. The molecule has 0 atom stereocenters. The van der Waals surface area contributed by atoms with Crippen LogP contribution < -0.4 is 5.32 Å². The fourth-order valence-corrected chi connectivity index (χ4v) is 2.50. The van der Waals surface area contributed by atoms with E-state index in [0.29, 0.717) is 0 Å². The molecule has 1 aromatic heterocycles. The molecule has 2 heterocycles. The number of aromatic amines is 1. The molecule has 6 heteroatoms. The number of anilines is 1. The molecule has 1 aliphatic heterocycles. The van der Waals surface area contributed by atoms with Crippen LogP contribution in [0.5, 0.6) is 0 Å². The standard InChI is InChI=1S/C13H17ClN4O/c14-10-7-12-13(17-9-16-12)8-11(10)15-1-2-18-3-5-19-6-4-18/h7-9,15H,1-6H2,(H,16,17). The Bertz CT molecular complexity index is 551. The van der Waals surface area contributed by atoms with Gasteiger partial charge in [-0.1, -0.05) is 11.6 Å². The van der Waals surface area contributed by atoms with E-state index in [4.69, 9.17) is 16.3 Å². The van der Waals surface area contributed by atoms with E-state index < -0.39 is 0 Å². The highest BCUT2D eigenvalue weighted by Crippen LogP contribution is 2.26. The van der Waals surface area contributed by atoms with Gasteiger partial charge in [0.1, 0.15) is 0 Å². The molecular formula is C13H17ClN4O. The Morgan fingerprint density at radius 1 is 1.37 bits per heavy atom. The molecule has 1 fully saturated rings. The number of nitrogens with zero attached hydrogens (tertiary/aromatic N) is 2. The van der Waals surface area contributed by atoms with Crippen molar-refractivity contribution < 1.29 is 4.74 Å². The molecule has 2 N–H and O–H groups in total. The Labute approximate surface area is 116 Å². The number of hydrogen-bond donors (Lipinski definition) is 2. The molecule has 0 spiro atoms. The molecule has 0 unspecified atom stereocenters. The number of aromatic nitrogens is 2. The zero-order chi connectivity index (χ0) is 13.1. The maximum absolute atomic E-state index is 6.24. The van der Waals surface area contributed by atoms with Gasteiger partial charge in [-0.15, -0.1) is 0 Å². The molecule has 1 aromatic carbocycles. The molecule has 5 nitrogen and oxygen atoms in total. The second-order valence-corrected chi connectivity index (χ2v) is 5.04. The summed E-state index contributed by atoms with van der Waals surface area (Å²) in [6.45, 7) is 5.55. The maximum Gasteiger partial charge on any atom is 0.0931 e. The van der Waals surface area contributed by atoms with Crippen LogP contribution in [-0.4, -0.2) is 54.3 Å². The molecule has 3 rings (SSSR count). The molecule has 0 bridgehead atoms. The quantitative estimate of drug-likeness (QED) is 0.899. The first-order valence-corrected chi connectivity index (χ1v) is 6.87. The van der Waals surface area contributed by atoms with Gasteiger partial charge in [0.2, 0.25) is 0 Å². The molecule has 0 aliphatic carbocycles. The van der Waals surface area contributed by atoms with Crippen molar-refractivity contribution in [2.24, 2.45) is 0 Å². The Kier molecular flexibility index (Phi) is 3.87. The highest BCUT2D eigenvalue weighted by atomic mass is 35.5. The summed E-state index contributed by atoms with van der Waals surface area (Å²) in [6, 6.07) is 3.88. The lowest BCUT2D eigenvalue weighted by Gasteiger charge is -2.26. The van der Waals surface area contributed by atoms with Crippen molar-refractivity contribution in [1.82, 2.24) is 14.9 Å². The lowest BCUT2D eigenvalue weighted by molar-refractivity contribution is 0.0398. The van der Waals surface area contributed by atoms with Crippen molar-refractivity contribution in [2.45, 2.75) is 0 Å². The minimum atomic E-state index is 0.721. The molecular weight excluding hydrogens is 264 g/mol. The van der Waals surface area contributed by atoms with Gasteiger partial charge in [-0.2, -0.15) is 0 Å². The van der Waals surface area contributed by atoms with Crippen molar-refractivity contribution in [2.75, 3.05) is 44.7 Å². The normalized spacial score (nSPS) is 16.9. The molecule has 0 radical (unpaired) electrons. The number of rotatable bonds is 4. The molecule has 0 amide bonds. The molecule has 2 aromatic rings. The Hall–Kier alpha value is -1.30. The van der Waals surface area contributed by atoms with Gasteiger partial charge in [0.25, 0.3) is 0 Å². The second-order valence-electron chi connectivity index (χ2n) is 4.63. The van der Waals surface area contributed by atoms with Gasteiger partial charge in [0.05, 0.1) is 41.3 Å². The second kappa shape index (κ2) is 5.77. The van der Waals surface area contributed by atoms with Crippen LogP contribution in [0.2, 0.25) is 5.02 Å². The number of ether oxygens (including phenoxy) is 1. The fourth-order valence-electron chi connectivity index (χ4n) is 2.26. The highest BCUT2D eigenvalue weighted by Gasteiger charge is 2.10. The molecule has 19 heavy (non-hydrogen) atoms. The number of halogens is 1. The van der Waals surface area contributed by atoms with Crippen molar-refractivity contribution in [1.29, 1.82) is 0 Å². The number of fused-ring (bicyclic) bond motifs is 1. The largest absolute Gasteiger partial charge is 0.382 e. The van der Waals surface area contributed by atoms with Crippen LogP contribution in [0.1, 0.15) is 0 Å². The molecule has 1 saturated heterocycles.